The molecular formula is C15H12N2O3S. The van der Waals surface area contributed by atoms with Crippen molar-refractivity contribution >= 4 is 34.3 Å². The minimum absolute atomic E-state index is 0.0341. The number of fused-ring (bicyclic) bond motifs is 1. The van der Waals surface area contributed by atoms with Gasteiger partial charge in [0.05, 0.1) is 15.6 Å². The molecule has 1 N–H and O–H groups in total. The molecule has 0 amide bonds. The summed E-state index contributed by atoms with van der Waals surface area (Å²) in [5.41, 5.74) is 1.18. The lowest BCUT2D eigenvalue weighted by Crippen LogP contribution is -2.06. The molecule has 1 aromatic carbocycles. The highest BCUT2D eigenvalue weighted by molar-refractivity contribution is 7.12. The molecule has 0 bridgehead atoms. The monoisotopic (exact) mass is 300 g/mol. The number of hydrogen-bond acceptors (Lipinski definition) is 6. The third-order valence-corrected chi connectivity index (χ3v) is 4.02. The fourth-order valence-electron chi connectivity index (χ4n) is 2.02. The molecule has 0 fully saturated rings. The summed E-state index contributed by atoms with van der Waals surface area (Å²) in [4.78, 5) is 21.0. The minimum Gasteiger partial charge on any atom is -0.506 e. The molecule has 106 valence electrons. The predicted molar refractivity (Wildman–Crippen MR) is 82.4 cm³/mol. The number of hydrogen-bond donors (Lipinski definition) is 1. The number of aliphatic hydroxyl groups is 1. The van der Waals surface area contributed by atoms with Crippen molar-refractivity contribution in [1.82, 2.24) is 9.97 Å². The SMILES string of the molecule is Cc1nc(C)c(/C(O)=C\c2nc3ccccc3oc2=O)s1. The molecule has 5 nitrogen and oxygen atoms in total. The second-order valence-electron chi connectivity index (χ2n) is 4.53. The van der Waals surface area contributed by atoms with E-state index in [1.54, 1.807) is 31.2 Å². The first kappa shape index (κ1) is 13.5. The fraction of sp³-hybridized carbons (Fsp3) is 0.133. The van der Waals surface area contributed by atoms with Crippen LogP contribution in [-0.2, 0) is 0 Å². The van der Waals surface area contributed by atoms with Crippen LogP contribution in [0, 0.1) is 13.8 Å². The van der Waals surface area contributed by atoms with Crippen LogP contribution in [0.2, 0.25) is 0 Å². The third-order valence-electron chi connectivity index (χ3n) is 2.93. The zero-order valence-electron chi connectivity index (χ0n) is 11.5. The molecule has 3 aromatic rings. The first-order valence-electron chi connectivity index (χ1n) is 6.29. The van der Waals surface area contributed by atoms with Gasteiger partial charge in [-0.05, 0) is 26.0 Å². The second-order valence-corrected chi connectivity index (χ2v) is 5.73. The van der Waals surface area contributed by atoms with Crippen molar-refractivity contribution in [3.8, 4) is 0 Å². The standard InChI is InChI=1S/C15H12N2O3S/c1-8-14(21-9(2)16-8)12(18)7-11-15(19)20-13-6-4-3-5-10(13)17-11/h3-7,18H,1-2H3/b12-7+. The number of para-hydroxylation sites is 2. The topological polar surface area (TPSA) is 76.2 Å². The average molecular weight is 300 g/mol. The van der Waals surface area contributed by atoms with E-state index in [2.05, 4.69) is 9.97 Å². The summed E-state index contributed by atoms with van der Waals surface area (Å²) in [6, 6.07) is 6.99. The van der Waals surface area contributed by atoms with E-state index in [4.69, 9.17) is 4.42 Å². The zero-order chi connectivity index (χ0) is 15.0. The van der Waals surface area contributed by atoms with Crippen LogP contribution in [0.1, 0.15) is 21.3 Å². The molecule has 0 radical (unpaired) electrons. The Morgan fingerprint density at radius 2 is 2.05 bits per heavy atom. The van der Waals surface area contributed by atoms with Gasteiger partial charge in [0.1, 0.15) is 11.3 Å². The molecule has 2 heterocycles. The highest BCUT2D eigenvalue weighted by atomic mass is 32.1. The number of aliphatic hydroxyl groups excluding tert-OH is 1. The van der Waals surface area contributed by atoms with Crippen molar-refractivity contribution in [2.24, 2.45) is 0 Å². The Balaban J connectivity index is 2.12. The highest BCUT2D eigenvalue weighted by Crippen LogP contribution is 2.25. The quantitative estimate of drug-likeness (QED) is 0.735. The van der Waals surface area contributed by atoms with Crippen LogP contribution in [0.15, 0.2) is 33.5 Å². The molecule has 0 aliphatic heterocycles. The predicted octanol–water partition coefficient (Wildman–Crippen LogP) is 3.32. The molecule has 6 heteroatoms. The van der Waals surface area contributed by atoms with Gasteiger partial charge in [0, 0.05) is 6.08 Å². The molecule has 2 aromatic heterocycles. The largest absolute Gasteiger partial charge is 0.506 e. The summed E-state index contributed by atoms with van der Waals surface area (Å²) in [6.07, 6.45) is 1.32. The van der Waals surface area contributed by atoms with Gasteiger partial charge in [0.15, 0.2) is 11.3 Å². The van der Waals surface area contributed by atoms with E-state index in [9.17, 15) is 9.90 Å². The van der Waals surface area contributed by atoms with E-state index in [1.165, 1.54) is 17.4 Å². The van der Waals surface area contributed by atoms with Gasteiger partial charge >= 0.3 is 5.63 Å². The van der Waals surface area contributed by atoms with Gasteiger partial charge in [0.25, 0.3) is 0 Å². The van der Waals surface area contributed by atoms with Gasteiger partial charge in [-0.25, -0.2) is 14.8 Å². The molecule has 0 saturated heterocycles. The van der Waals surface area contributed by atoms with Crippen LogP contribution in [0.5, 0.6) is 0 Å². The van der Waals surface area contributed by atoms with E-state index in [1.807, 2.05) is 6.92 Å². The van der Waals surface area contributed by atoms with Gasteiger partial charge in [-0.3, -0.25) is 0 Å². The van der Waals surface area contributed by atoms with Crippen LogP contribution >= 0.6 is 11.3 Å². The number of thiazole rings is 1. The molecule has 0 aliphatic rings. The third kappa shape index (κ3) is 2.57. The molecule has 0 saturated carbocycles. The van der Waals surface area contributed by atoms with E-state index in [0.29, 0.717) is 16.0 Å². The van der Waals surface area contributed by atoms with E-state index >= 15 is 0 Å². The summed E-state index contributed by atoms with van der Waals surface area (Å²) in [5.74, 6) is -0.0341. The van der Waals surface area contributed by atoms with Gasteiger partial charge in [-0.1, -0.05) is 12.1 Å². The second kappa shape index (κ2) is 5.14. The van der Waals surface area contributed by atoms with Crippen LogP contribution in [0.25, 0.3) is 22.9 Å². The normalized spacial score (nSPS) is 12.0. The van der Waals surface area contributed by atoms with Crippen LogP contribution in [0.3, 0.4) is 0 Å². The Labute approximate surface area is 124 Å². The van der Waals surface area contributed by atoms with E-state index in [0.717, 1.165) is 10.7 Å². The Bertz CT molecular complexity index is 909. The molecule has 0 aliphatic carbocycles. The maximum absolute atomic E-state index is 11.9. The average Bonchev–Trinajstić information content (AvgIpc) is 2.78. The Morgan fingerprint density at radius 1 is 1.29 bits per heavy atom. The minimum atomic E-state index is -0.584. The molecule has 21 heavy (non-hydrogen) atoms. The number of rotatable bonds is 2. The molecule has 3 rings (SSSR count). The van der Waals surface area contributed by atoms with Crippen molar-refractivity contribution in [3.05, 3.63) is 56.0 Å². The number of benzene rings is 1. The lowest BCUT2D eigenvalue weighted by atomic mass is 10.2. The first-order valence-corrected chi connectivity index (χ1v) is 7.11. The fourth-order valence-corrected chi connectivity index (χ4v) is 2.85. The van der Waals surface area contributed by atoms with Gasteiger partial charge in [-0.2, -0.15) is 0 Å². The Kier molecular flexibility index (Phi) is 3.31. The van der Waals surface area contributed by atoms with Crippen LogP contribution in [-0.4, -0.2) is 15.1 Å². The lowest BCUT2D eigenvalue weighted by Gasteiger charge is -1.99. The number of nitrogens with zero attached hydrogens (tertiary/aromatic N) is 2. The number of aryl methyl sites for hydroxylation is 2. The molecule has 0 spiro atoms. The molecular weight excluding hydrogens is 288 g/mol. The number of aromatic nitrogens is 2. The summed E-state index contributed by atoms with van der Waals surface area (Å²) < 4.78 is 5.18. The van der Waals surface area contributed by atoms with Crippen molar-refractivity contribution in [2.75, 3.05) is 0 Å². The van der Waals surface area contributed by atoms with Crippen molar-refractivity contribution in [3.63, 3.8) is 0 Å². The lowest BCUT2D eigenvalue weighted by molar-refractivity contribution is 0.515. The summed E-state index contributed by atoms with van der Waals surface area (Å²) in [6.45, 7) is 3.66. The van der Waals surface area contributed by atoms with Gasteiger partial charge in [-0.15, -0.1) is 11.3 Å². The van der Waals surface area contributed by atoms with Gasteiger partial charge < -0.3 is 9.52 Å². The van der Waals surface area contributed by atoms with Crippen molar-refractivity contribution < 1.29 is 9.52 Å². The Hall–Kier alpha value is -2.47. The van der Waals surface area contributed by atoms with Crippen LogP contribution < -0.4 is 5.63 Å². The summed E-state index contributed by atoms with van der Waals surface area (Å²) in [7, 11) is 0. The molecule has 0 atom stereocenters. The maximum Gasteiger partial charge on any atom is 0.362 e. The van der Waals surface area contributed by atoms with Gasteiger partial charge in [0.2, 0.25) is 0 Å². The first-order chi connectivity index (χ1) is 10.0. The van der Waals surface area contributed by atoms with E-state index in [-0.39, 0.29) is 11.5 Å². The summed E-state index contributed by atoms with van der Waals surface area (Å²) >= 11 is 1.36. The zero-order valence-corrected chi connectivity index (χ0v) is 12.3. The van der Waals surface area contributed by atoms with Crippen molar-refractivity contribution in [2.45, 2.75) is 13.8 Å². The highest BCUT2D eigenvalue weighted by Gasteiger charge is 2.12. The maximum atomic E-state index is 11.9. The van der Waals surface area contributed by atoms with Crippen molar-refractivity contribution in [1.29, 1.82) is 0 Å². The van der Waals surface area contributed by atoms with E-state index < -0.39 is 5.63 Å². The molecule has 0 unspecified atom stereocenters. The smallest absolute Gasteiger partial charge is 0.362 e. The summed E-state index contributed by atoms with van der Waals surface area (Å²) in [5, 5.41) is 11.0. The Morgan fingerprint density at radius 3 is 2.76 bits per heavy atom. The van der Waals surface area contributed by atoms with Crippen LogP contribution in [0.4, 0.5) is 0 Å².